The lowest BCUT2D eigenvalue weighted by Crippen LogP contribution is -2.26. The first-order valence-electron chi connectivity index (χ1n) is 12.0. The van der Waals surface area contributed by atoms with Crippen LogP contribution in [0.25, 0.3) is 11.0 Å². The highest BCUT2D eigenvalue weighted by Crippen LogP contribution is 2.27. The lowest BCUT2D eigenvalue weighted by atomic mass is 10.1. The third-order valence-corrected chi connectivity index (χ3v) is 7.26. The van der Waals surface area contributed by atoms with Crippen molar-refractivity contribution in [1.29, 1.82) is 0 Å². The number of amides is 1. The monoisotopic (exact) mass is 492 g/mol. The molecule has 6 heteroatoms. The number of carbonyl (C=O) groups is 1. The van der Waals surface area contributed by atoms with Gasteiger partial charge in [-0.1, -0.05) is 84.1 Å². The Kier molecular flexibility index (Phi) is 7.14. The summed E-state index contributed by atoms with van der Waals surface area (Å²) in [4.78, 5) is 22.0. The van der Waals surface area contributed by atoms with Crippen molar-refractivity contribution in [3.63, 3.8) is 0 Å². The van der Waals surface area contributed by atoms with Crippen molar-refractivity contribution in [3.05, 3.63) is 125 Å². The lowest BCUT2D eigenvalue weighted by molar-refractivity contribution is 0.0940. The molecule has 3 aromatic carbocycles. The molecule has 1 atom stereocenters. The standard InChI is InChI=1S/C30H28N4OS/c1-21-8-10-24(11-9-21)20-36-30-33-27-16-17-31-18-28(27)34(30)19-23-12-14-26(15-13-23)29(35)32-22(2)25-6-4-3-5-7-25/h3-18,22H,19-20H2,1-2H3,(H,32,35). The maximum absolute atomic E-state index is 12.8. The number of aryl methyl sites for hydroxylation is 1. The molecule has 5 rings (SSSR count). The van der Waals surface area contributed by atoms with E-state index in [-0.39, 0.29) is 11.9 Å². The number of thioether (sulfide) groups is 1. The van der Waals surface area contributed by atoms with Crippen LogP contribution in [0, 0.1) is 6.92 Å². The predicted octanol–water partition coefficient (Wildman–Crippen LogP) is 6.57. The van der Waals surface area contributed by atoms with Gasteiger partial charge in [-0.05, 0) is 48.7 Å². The van der Waals surface area contributed by atoms with E-state index in [0.717, 1.165) is 33.1 Å². The number of benzene rings is 3. The van der Waals surface area contributed by atoms with Crippen LogP contribution in [0.5, 0.6) is 0 Å². The molecule has 0 aliphatic heterocycles. The fourth-order valence-corrected chi connectivity index (χ4v) is 5.06. The van der Waals surface area contributed by atoms with E-state index >= 15 is 0 Å². The van der Waals surface area contributed by atoms with E-state index < -0.39 is 0 Å². The van der Waals surface area contributed by atoms with E-state index in [1.54, 1.807) is 18.0 Å². The van der Waals surface area contributed by atoms with Crippen molar-refractivity contribution in [3.8, 4) is 0 Å². The highest BCUT2D eigenvalue weighted by molar-refractivity contribution is 7.98. The van der Waals surface area contributed by atoms with Gasteiger partial charge in [0.15, 0.2) is 5.16 Å². The molecule has 1 unspecified atom stereocenters. The van der Waals surface area contributed by atoms with Crippen LogP contribution in [-0.2, 0) is 12.3 Å². The molecule has 2 aromatic heterocycles. The third-order valence-electron chi connectivity index (χ3n) is 6.21. The molecule has 2 heterocycles. The Labute approximate surface area is 215 Å². The highest BCUT2D eigenvalue weighted by Gasteiger charge is 2.14. The van der Waals surface area contributed by atoms with Crippen LogP contribution in [0.4, 0.5) is 0 Å². The Balaban J connectivity index is 1.31. The average Bonchev–Trinajstić information content (AvgIpc) is 3.26. The van der Waals surface area contributed by atoms with Gasteiger partial charge in [-0.15, -0.1) is 0 Å². The Morgan fingerprint density at radius 3 is 2.42 bits per heavy atom. The molecule has 1 N–H and O–H groups in total. The van der Waals surface area contributed by atoms with Gasteiger partial charge < -0.3 is 9.88 Å². The smallest absolute Gasteiger partial charge is 0.251 e. The molecule has 0 bridgehead atoms. The highest BCUT2D eigenvalue weighted by atomic mass is 32.2. The van der Waals surface area contributed by atoms with E-state index in [9.17, 15) is 4.79 Å². The van der Waals surface area contributed by atoms with Crippen molar-refractivity contribution in [2.75, 3.05) is 0 Å². The zero-order chi connectivity index (χ0) is 24.9. The summed E-state index contributed by atoms with van der Waals surface area (Å²) < 4.78 is 2.20. The van der Waals surface area contributed by atoms with Gasteiger partial charge in [0.05, 0.1) is 29.8 Å². The zero-order valence-corrected chi connectivity index (χ0v) is 21.2. The molecule has 36 heavy (non-hydrogen) atoms. The first kappa shape index (κ1) is 23.8. The predicted molar refractivity (Wildman–Crippen MR) is 146 cm³/mol. The summed E-state index contributed by atoms with van der Waals surface area (Å²) in [6.07, 6.45) is 3.64. The molecule has 0 fully saturated rings. The van der Waals surface area contributed by atoms with E-state index in [2.05, 4.69) is 46.1 Å². The summed E-state index contributed by atoms with van der Waals surface area (Å²) in [5.74, 6) is 0.764. The van der Waals surface area contributed by atoms with Crippen molar-refractivity contribution in [2.45, 2.75) is 37.3 Å². The number of imidazole rings is 1. The van der Waals surface area contributed by atoms with E-state index in [4.69, 9.17) is 4.98 Å². The number of hydrogen-bond acceptors (Lipinski definition) is 4. The molecule has 0 aliphatic carbocycles. The van der Waals surface area contributed by atoms with Crippen molar-refractivity contribution >= 4 is 28.7 Å². The van der Waals surface area contributed by atoms with Crippen LogP contribution in [-0.4, -0.2) is 20.4 Å². The fraction of sp³-hybridized carbons (Fsp3) is 0.167. The molecule has 0 aliphatic rings. The van der Waals surface area contributed by atoms with Gasteiger partial charge in [0, 0.05) is 17.5 Å². The fourth-order valence-electron chi connectivity index (χ4n) is 4.09. The minimum Gasteiger partial charge on any atom is -0.346 e. The molecule has 0 saturated heterocycles. The van der Waals surface area contributed by atoms with Gasteiger partial charge in [0.25, 0.3) is 5.91 Å². The molecule has 1 amide bonds. The Hall–Kier alpha value is -3.90. The summed E-state index contributed by atoms with van der Waals surface area (Å²) >= 11 is 1.72. The molecule has 0 spiro atoms. The van der Waals surface area contributed by atoms with E-state index in [1.807, 2.05) is 73.8 Å². The normalized spacial score (nSPS) is 11.9. The lowest BCUT2D eigenvalue weighted by Gasteiger charge is -2.14. The Morgan fingerprint density at radius 1 is 0.944 bits per heavy atom. The number of nitrogens with zero attached hydrogens (tertiary/aromatic N) is 3. The molecule has 0 radical (unpaired) electrons. The van der Waals surface area contributed by atoms with Gasteiger partial charge in [0.1, 0.15) is 0 Å². The van der Waals surface area contributed by atoms with Crippen molar-refractivity contribution in [2.24, 2.45) is 0 Å². The average molecular weight is 493 g/mol. The second-order valence-electron chi connectivity index (χ2n) is 8.92. The van der Waals surface area contributed by atoms with Crippen LogP contribution >= 0.6 is 11.8 Å². The minimum atomic E-state index is -0.0791. The summed E-state index contributed by atoms with van der Waals surface area (Å²) in [5, 5.41) is 4.04. The molecular weight excluding hydrogens is 464 g/mol. The molecule has 5 aromatic rings. The first-order chi connectivity index (χ1) is 17.6. The van der Waals surface area contributed by atoms with Gasteiger partial charge in [-0.25, -0.2) is 4.98 Å². The number of pyridine rings is 1. The van der Waals surface area contributed by atoms with Crippen molar-refractivity contribution < 1.29 is 4.79 Å². The van der Waals surface area contributed by atoms with Crippen LogP contribution < -0.4 is 5.32 Å². The van der Waals surface area contributed by atoms with Crippen molar-refractivity contribution in [1.82, 2.24) is 19.9 Å². The summed E-state index contributed by atoms with van der Waals surface area (Å²) in [5.41, 5.74) is 7.29. The van der Waals surface area contributed by atoms with Gasteiger partial charge in [0.2, 0.25) is 0 Å². The largest absolute Gasteiger partial charge is 0.346 e. The second kappa shape index (κ2) is 10.8. The second-order valence-corrected chi connectivity index (χ2v) is 9.86. The maximum Gasteiger partial charge on any atom is 0.251 e. The molecule has 5 nitrogen and oxygen atoms in total. The van der Waals surface area contributed by atoms with Crippen LogP contribution in [0.3, 0.4) is 0 Å². The van der Waals surface area contributed by atoms with Crippen LogP contribution in [0.2, 0.25) is 0 Å². The quantitative estimate of drug-likeness (QED) is 0.249. The first-order valence-corrected chi connectivity index (χ1v) is 13.0. The number of hydrogen-bond donors (Lipinski definition) is 1. The summed E-state index contributed by atoms with van der Waals surface area (Å²) in [6, 6.07) is 28.3. The molecule has 0 saturated carbocycles. The number of aromatic nitrogens is 3. The van der Waals surface area contributed by atoms with E-state index in [1.165, 1.54) is 11.1 Å². The SMILES string of the molecule is Cc1ccc(CSc2nc3ccncc3n2Cc2ccc(C(=O)NC(C)c3ccccc3)cc2)cc1. The number of rotatable bonds is 8. The number of carbonyl (C=O) groups excluding carboxylic acids is 1. The van der Waals surface area contributed by atoms with Gasteiger partial charge in [-0.3, -0.25) is 9.78 Å². The number of nitrogens with one attached hydrogen (secondary N) is 1. The number of fused-ring (bicyclic) bond motifs is 1. The topological polar surface area (TPSA) is 59.8 Å². The van der Waals surface area contributed by atoms with Crippen LogP contribution in [0.1, 0.15) is 45.6 Å². The maximum atomic E-state index is 12.8. The minimum absolute atomic E-state index is 0.0590. The Bertz CT molecular complexity index is 1460. The Morgan fingerprint density at radius 2 is 1.67 bits per heavy atom. The van der Waals surface area contributed by atoms with Gasteiger partial charge >= 0.3 is 0 Å². The van der Waals surface area contributed by atoms with Gasteiger partial charge in [-0.2, -0.15) is 0 Å². The summed E-state index contributed by atoms with van der Waals surface area (Å²) in [6.45, 7) is 4.75. The summed E-state index contributed by atoms with van der Waals surface area (Å²) in [7, 11) is 0. The molecular formula is C30H28N4OS. The zero-order valence-electron chi connectivity index (χ0n) is 20.4. The molecule has 180 valence electrons. The van der Waals surface area contributed by atoms with E-state index in [0.29, 0.717) is 12.1 Å². The van der Waals surface area contributed by atoms with Crippen LogP contribution in [0.15, 0.2) is 102 Å². The third kappa shape index (κ3) is 5.50.